The number of hydrogen-bond donors (Lipinski definition) is 1. The Labute approximate surface area is 171 Å². The fourth-order valence-corrected chi connectivity index (χ4v) is 3.24. The Kier molecular flexibility index (Phi) is 5.10. The van der Waals surface area contributed by atoms with Gasteiger partial charge in [0.15, 0.2) is 0 Å². The molecule has 0 spiro atoms. The molecule has 0 fully saturated rings. The van der Waals surface area contributed by atoms with Gasteiger partial charge in [0.05, 0.1) is 11.9 Å². The molecule has 5 nitrogen and oxygen atoms in total. The summed E-state index contributed by atoms with van der Waals surface area (Å²) in [6, 6.07) is 13.7. The molecular weight excluding hydrogens is 391 g/mol. The third-order valence-electron chi connectivity index (χ3n) is 4.47. The van der Waals surface area contributed by atoms with E-state index < -0.39 is 0 Å². The first-order valence-corrected chi connectivity index (χ1v) is 9.20. The monoisotopic (exact) mass is 406 g/mol. The van der Waals surface area contributed by atoms with Gasteiger partial charge in [0.25, 0.3) is 0 Å². The van der Waals surface area contributed by atoms with E-state index in [1.54, 1.807) is 18.2 Å². The smallest absolute Gasteiger partial charge is 0.248 e. The first kappa shape index (κ1) is 18.8. The summed E-state index contributed by atoms with van der Waals surface area (Å²) in [6.07, 6.45) is 6.39. The number of carbonyl (C=O) groups is 1. The molecule has 0 bridgehead atoms. The number of nitrogens with one attached hydrogen (secondary N) is 1. The second-order valence-corrected chi connectivity index (χ2v) is 6.78. The van der Waals surface area contributed by atoms with Crippen LogP contribution in [0.4, 0.5) is 10.1 Å². The maximum atomic E-state index is 13.0. The topological polar surface area (TPSA) is 59.8 Å². The third-order valence-corrected chi connectivity index (χ3v) is 4.65. The van der Waals surface area contributed by atoms with Gasteiger partial charge in [-0.05, 0) is 41.4 Å². The van der Waals surface area contributed by atoms with E-state index in [4.69, 9.17) is 11.6 Å². The molecule has 0 unspecified atom stereocenters. The number of hydrogen-bond acceptors (Lipinski definition) is 3. The molecule has 1 N–H and O–H groups in total. The molecule has 2 aromatic carbocycles. The largest absolute Gasteiger partial charge is 0.350 e. The number of nitrogens with zero attached hydrogens (tertiary/aromatic N) is 3. The first-order chi connectivity index (χ1) is 14.0. The molecule has 144 valence electrons. The molecule has 0 aliphatic rings. The average molecular weight is 407 g/mol. The zero-order chi connectivity index (χ0) is 20.4. The molecule has 4 rings (SSSR count). The minimum atomic E-state index is -0.360. The van der Waals surface area contributed by atoms with Crippen molar-refractivity contribution < 1.29 is 9.18 Å². The lowest BCUT2D eigenvalue weighted by Crippen LogP contribution is -2.10. The van der Waals surface area contributed by atoms with Crippen LogP contribution >= 0.6 is 11.6 Å². The van der Waals surface area contributed by atoms with Crippen molar-refractivity contribution in [1.29, 1.82) is 0 Å². The molecule has 2 heterocycles. The van der Waals surface area contributed by atoms with Crippen molar-refractivity contribution in [2.45, 2.75) is 0 Å². The highest BCUT2D eigenvalue weighted by Gasteiger charge is 2.16. The lowest BCUT2D eigenvalue weighted by molar-refractivity contribution is -0.111. The van der Waals surface area contributed by atoms with Crippen LogP contribution in [0.15, 0.2) is 67.0 Å². The van der Waals surface area contributed by atoms with E-state index in [9.17, 15) is 9.18 Å². The van der Waals surface area contributed by atoms with Gasteiger partial charge in [0.1, 0.15) is 11.5 Å². The van der Waals surface area contributed by atoms with Crippen molar-refractivity contribution in [3.8, 4) is 11.3 Å². The van der Waals surface area contributed by atoms with Crippen molar-refractivity contribution in [2.75, 3.05) is 5.32 Å². The number of carbonyl (C=O) groups excluding carboxylic acids is 1. The van der Waals surface area contributed by atoms with E-state index >= 15 is 0 Å². The predicted octanol–water partition coefficient (Wildman–Crippen LogP) is 5.08. The van der Waals surface area contributed by atoms with Crippen LogP contribution in [-0.2, 0) is 11.8 Å². The summed E-state index contributed by atoms with van der Waals surface area (Å²) < 4.78 is 15.0. The van der Waals surface area contributed by atoms with Crippen LogP contribution in [0.2, 0.25) is 5.28 Å². The van der Waals surface area contributed by atoms with Gasteiger partial charge < -0.3 is 9.88 Å². The van der Waals surface area contributed by atoms with Crippen molar-refractivity contribution in [2.24, 2.45) is 7.05 Å². The van der Waals surface area contributed by atoms with Crippen LogP contribution in [-0.4, -0.2) is 20.4 Å². The van der Waals surface area contributed by atoms with E-state index in [1.807, 2.05) is 42.1 Å². The Morgan fingerprint density at radius 2 is 1.93 bits per heavy atom. The fraction of sp³-hybridized carbons (Fsp3) is 0.0455. The molecule has 0 saturated heterocycles. The summed E-state index contributed by atoms with van der Waals surface area (Å²) in [5.74, 6) is -0.689. The molecule has 0 aliphatic heterocycles. The van der Waals surface area contributed by atoms with Gasteiger partial charge in [-0.1, -0.05) is 30.3 Å². The first-order valence-electron chi connectivity index (χ1n) is 8.83. The molecule has 2 aromatic heterocycles. The number of anilines is 1. The van der Waals surface area contributed by atoms with Crippen LogP contribution < -0.4 is 5.32 Å². The summed E-state index contributed by atoms with van der Waals surface area (Å²) in [4.78, 5) is 20.8. The molecule has 0 atom stereocenters. The average Bonchev–Trinajstić information content (AvgIpc) is 3.06. The Morgan fingerprint density at radius 1 is 1.17 bits per heavy atom. The zero-order valence-corrected chi connectivity index (χ0v) is 16.2. The Morgan fingerprint density at radius 3 is 2.72 bits per heavy atom. The van der Waals surface area contributed by atoms with Gasteiger partial charge in [-0.25, -0.2) is 14.4 Å². The number of aryl methyl sites for hydroxylation is 1. The molecule has 4 aromatic rings. The summed E-state index contributed by atoms with van der Waals surface area (Å²) in [6.45, 7) is 0. The number of amides is 1. The van der Waals surface area contributed by atoms with Crippen LogP contribution in [0.5, 0.6) is 0 Å². The number of aromatic nitrogens is 3. The van der Waals surface area contributed by atoms with Crippen LogP contribution in [0.25, 0.3) is 28.2 Å². The molecule has 1 amide bonds. The van der Waals surface area contributed by atoms with Crippen molar-refractivity contribution >= 4 is 40.2 Å². The summed E-state index contributed by atoms with van der Waals surface area (Å²) >= 11 is 6.03. The van der Waals surface area contributed by atoms with Crippen molar-refractivity contribution in [1.82, 2.24) is 14.5 Å². The summed E-state index contributed by atoms with van der Waals surface area (Å²) in [7, 11) is 1.94. The highest BCUT2D eigenvalue weighted by molar-refractivity contribution is 6.28. The second kappa shape index (κ2) is 7.85. The van der Waals surface area contributed by atoms with Gasteiger partial charge in [-0.3, -0.25) is 4.79 Å². The second-order valence-electron chi connectivity index (χ2n) is 6.45. The van der Waals surface area contributed by atoms with Crippen LogP contribution in [0, 0.1) is 5.82 Å². The van der Waals surface area contributed by atoms with E-state index in [0.29, 0.717) is 16.9 Å². The summed E-state index contributed by atoms with van der Waals surface area (Å²) in [5, 5.41) is 3.88. The Hall–Kier alpha value is -3.51. The van der Waals surface area contributed by atoms with E-state index in [0.717, 1.165) is 16.5 Å². The quantitative estimate of drug-likeness (QED) is 0.380. The summed E-state index contributed by atoms with van der Waals surface area (Å²) in [5.41, 5.74) is 3.56. The third kappa shape index (κ3) is 4.02. The zero-order valence-electron chi connectivity index (χ0n) is 15.4. The highest BCUT2D eigenvalue weighted by atomic mass is 35.5. The lowest BCUT2D eigenvalue weighted by Gasteiger charge is -2.08. The van der Waals surface area contributed by atoms with Crippen LogP contribution in [0.3, 0.4) is 0 Å². The predicted molar refractivity (Wildman–Crippen MR) is 113 cm³/mol. The molecule has 0 aliphatic carbocycles. The van der Waals surface area contributed by atoms with Gasteiger partial charge in [-0.2, -0.15) is 0 Å². The molecule has 29 heavy (non-hydrogen) atoms. The standard InChI is InChI=1S/C22H16ClFN4O/c1-28-13-17(16-4-2-3-5-19(16)28)21-18(12-25-22(23)27-21)26-20(29)11-8-14-6-9-15(24)10-7-14/h2-13H,1H3,(H,26,29)/b11-8+. The minimum absolute atomic E-state index is 0.0905. The number of para-hydroxylation sites is 1. The van der Waals surface area contributed by atoms with Gasteiger partial charge in [0, 0.05) is 35.8 Å². The molecule has 0 radical (unpaired) electrons. The molecule has 0 saturated carbocycles. The minimum Gasteiger partial charge on any atom is -0.350 e. The van der Waals surface area contributed by atoms with E-state index in [-0.39, 0.29) is 17.0 Å². The van der Waals surface area contributed by atoms with Crippen LogP contribution in [0.1, 0.15) is 5.56 Å². The Balaban J connectivity index is 1.66. The number of halogens is 2. The van der Waals surface area contributed by atoms with Gasteiger partial charge in [-0.15, -0.1) is 0 Å². The van der Waals surface area contributed by atoms with Crippen molar-refractivity contribution in [3.63, 3.8) is 0 Å². The number of benzene rings is 2. The molecule has 7 heteroatoms. The fourth-order valence-electron chi connectivity index (χ4n) is 3.11. The highest BCUT2D eigenvalue weighted by Crippen LogP contribution is 2.33. The number of fused-ring (bicyclic) bond motifs is 1. The normalized spacial score (nSPS) is 11.3. The number of rotatable bonds is 4. The lowest BCUT2D eigenvalue weighted by atomic mass is 10.1. The maximum absolute atomic E-state index is 13.0. The maximum Gasteiger partial charge on any atom is 0.248 e. The van der Waals surface area contributed by atoms with Gasteiger partial charge >= 0.3 is 0 Å². The molecular formula is C22H16ClFN4O. The van der Waals surface area contributed by atoms with Crippen molar-refractivity contribution in [3.05, 3.63) is 83.7 Å². The SMILES string of the molecule is Cn1cc(-c2nc(Cl)ncc2NC(=O)/C=C/c2ccc(F)cc2)c2ccccc21. The van der Waals surface area contributed by atoms with Gasteiger partial charge in [0.2, 0.25) is 11.2 Å². The van der Waals surface area contributed by atoms with E-state index in [1.165, 1.54) is 24.4 Å². The van der Waals surface area contributed by atoms with E-state index in [2.05, 4.69) is 15.3 Å². The Bertz CT molecular complexity index is 1230.